The van der Waals surface area contributed by atoms with E-state index in [1.807, 2.05) is 0 Å². The summed E-state index contributed by atoms with van der Waals surface area (Å²) in [7, 11) is 0. The molecule has 0 aromatic carbocycles. The molecule has 2 rings (SSSR count). The molecule has 2 heterocycles. The van der Waals surface area contributed by atoms with E-state index in [2.05, 4.69) is 4.98 Å². The number of carbonyl (C=O) groups is 1. The van der Waals surface area contributed by atoms with Crippen molar-refractivity contribution in [1.82, 2.24) is 9.55 Å². The molecular formula is C11H9FN2O2. The lowest BCUT2D eigenvalue weighted by Gasteiger charge is -2.02. The highest BCUT2D eigenvalue weighted by atomic mass is 19.1. The third kappa shape index (κ3) is 2.25. The summed E-state index contributed by atoms with van der Waals surface area (Å²) in [5.41, 5.74) is 0.900. The number of halogens is 1. The number of aromatic nitrogens is 2. The Bertz CT molecular complexity index is 522. The van der Waals surface area contributed by atoms with Crippen LogP contribution in [0.1, 0.15) is 15.9 Å². The molecule has 16 heavy (non-hydrogen) atoms. The van der Waals surface area contributed by atoms with Crippen LogP contribution in [0.3, 0.4) is 0 Å². The third-order valence-corrected chi connectivity index (χ3v) is 2.12. The lowest BCUT2D eigenvalue weighted by molar-refractivity contribution is 0.0697. The third-order valence-electron chi connectivity index (χ3n) is 2.12. The maximum atomic E-state index is 12.8. The van der Waals surface area contributed by atoms with Gasteiger partial charge >= 0.3 is 5.97 Å². The van der Waals surface area contributed by atoms with Gasteiger partial charge in [-0.3, -0.25) is 4.98 Å². The van der Waals surface area contributed by atoms with E-state index in [9.17, 15) is 9.18 Å². The van der Waals surface area contributed by atoms with Crippen LogP contribution in [-0.4, -0.2) is 20.6 Å². The fraction of sp³-hybridized carbons (Fsp3) is 0.0909. The van der Waals surface area contributed by atoms with Gasteiger partial charge in [0.2, 0.25) is 0 Å². The van der Waals surface area contributed by atoms with E-state index >= 15 is 0 Å². The predicted octanol–water partition coefficient (Wildman–Crippen LogP) is 1.77. The van der Waals surface area contributed by atoms with Gasteiger partial charge in [-0.15, -0.1) is 0 Å². The number of pyridine rings is 1. The highest BCUT2D eigenvalue weighted by Gasteiger charge is 2.04. The lowest BCUT2D eigenvalue weighted by Crippen LogP contribution is -1.99. The molecule has 0 radical (unpaired) electrons. The first kappa shape index (κ1) is 10.4. The Kier molecular flexibility index (Phi) is 2.68. The molecule has 0 aliphatic heterocycles. The number of rotatable bonds is 3. The monoisotopic (exact) mass is 220 g/mol. The fourth-order valence-electron chi connectivity index (χ4n) is 1.42. The van der Waals surface area contributed by atoms with E-state index < -0.39 is 11.8 Å². The van der Waals surface area contributed by atoms with Gasteiger partial charge in [-0.1, -0.05) is 0 Å². The van der Waals surface area contributed by atoms with Crippen LogP contribution >= 0.6 is 0 Å². The highest BCUT2D eigenvalue weighted by molar-refractivity contribution is 5.87. The second kappa shape index (κ2) is 4.14. The summed E-state index contributed by atoms with van der Waals surface area (Å²) >= 11 is 0. The molecule has 0 saturated carbocycles. The van der Waals surface area contributed by atoms with Crippen molar-refractivity contribution >= 4 is 5.97 Å². The standard InChI is InChI=1S/C11H9FN2O2/c12-10-3-8(4-13-5-10)6-14-2-1-9(7-14)11(15)16/h1-5,7H,6H2,(H,15,16). The van der Waals surface area contributed by atoms with Gasteiger partial charge in [-0.2, -0.15) is 0 Å². The second-order valence-electron chi connectivity index (χ2n) is 3.39. The van der Waals surface area contributed by atoms with Gasteiger partial charge in [0.05, 0.1) is 11.8 Å². The van der Waals surface area contributed by atoms with Crippen LogP contribution in [0.5, 0.6) is 0 Å². The van der Waals surface area contributed by atoms with Crippen molar-refractivity contribution in [3.63, 3.8) is 0 Å². The second-order valence-corrected chi connectivity index (χ2v) is 3.39. The molecule has 1 N–H and O–H groups in total. The molecular weight excluding hydrogens is 211 g/mol. The molecule has 0 fully saturated rings. The maximum Gasteiger partial charge on any atom is 0.337 e. The van der Waals surface area contributed by atoms with Crippen LogP contribution < -0.4 is 0 Å². The van der Waals surface area contributed by atoms with Crippen molar-refractivity contribution in [3.05, 3.63) is 53.9 Å². The van der Waals surface area contributed by atoms with E-state index in [0.717, 1.165) is 6.20 Å². The molecule has 0 spiro atoms. The molecule has 0 aliphatic carbocycles. The number of aromatic carboxylic acids is 1. The smallest absolute Gasteiger partial charge is 0.337 e. The lowest BCUT2D eigenvalue weighted by atomic mass is 10.3. The molecule has 0 amide bonds. The molecule has 82 valence electrons. The summed E-state index contributed by atoms with van der Waals surface area (Å²) in [6.45, 7) is 0.401. The zero-order valence-electron chi connectivity index (χ0n) is 8.30. The summed E-state index contributed by atoms with van der Waals surface area (Å²) < 4.78 is 14.5. The van der Waals surface area contributed by atoms with Crippen LogP contribution in [0.25, 0.3) is 0 Å². The first-order valence-electron chi connectivity index (χ1n) is 4.63. The van der Waals surface area contributed by atoms with E-state index in [1.165, 1.54) is 18.3 Å². The SMILES string of the molecule is O=C(O)c1ccn(Cc2cncc(F)c2)c1. The van der Waals surface area contributed by atoms with Crippen molar-refractivity contribution in [2.24, 2.45) is 0 Å². The number of nitrogens with zero attached hydrogens (tertiary/aromatic N) is 2. The zero-order valence-corrected chi connectivity index (χ0v) is 8.30. The summed E-state index contributed by atoms with van der Waals surface area (Å²) in [4.78, 5) is 14.4. The van der Waals surface area contributed by atoms with Crippen molar-refractivity contribution in [2.45, 2.75) is 6.54 Å². The number of carboxylic acids is 1. The Morgan fingerprint density at radius 1 is 1.50 bits per heavy atom. The first-order valence-corrected chi connectivity index (χ1v) is 4.63. The molecule has 4 nitrogen and oxygen atoms in total. The van der Waals surface area contributed by atoms with Crippen LogP contribution in [0, 0.1) is 5.82 Å². The Labute approximate surface area is 91.0 Å². The largest absolute Gasteiger partial charge is 0.478 e. The minimum absolute atomic E-state index is 0.212. The average Bonchev–Trinajstić information content (AvgIpc) is 2.66. The molecule has 0 atom stereocenters. The Hall–Kier alpha value is -2.17. The van der Waals surface area contributed by atoms with Crippen molar-refractivity contribution in [3.8, 4) is 0 Å². The van der Waals surface area contributed by atoms with Crippen LogP contribution in [-0.2, 0) is 6.54 Å². The van der Waals surface area contributed by atoms with Crippen LogP contribution in [0.4, 0.5) is 4.39 Å². The van der Waals surface area contributed by atoms with Gasteiger partial charge in [0.1, 0.15) is 5.82 Å². The van der Waals surface area contributed by atoms with Gasteiger partial charge in [-0.25, -0.2) is 9.18 Å². The average molecular weight is 220 g/mol. The van der Waals surface area contributed by atoms with Gasteiger partial charge in [0.25, 0.3) is 0 Å². The van der Waals surface area contributed by atoms with Gasteiger partial charge in [0.15, 0.2) is 0 Å². The van der Waals surface area contributed by atoms with Gasteiger partial charge < -0.3 is 9.67 Å². The first-order chi connectivity index (χ1) is 7.65. The number of carboxylic acid groups (broad SMARTS) is 1. The van der Waals surface area contributed by atoms with Crippen molar-refractivity contribution < 1.29 is 14.3 Å². The van der Waals surface area contributed by atoms with Crippen LogP contribution in [0.2, 0.25) is 0 Å². The zero-order chi connectivity index (χ0) is 11.5. The quantitative estimate of drug-likeness (QED) is 0.857. The minimum Gasteiger partial charge on any atom is -0.478 e. The molecule has 0 saturated heterocycles. The van der Waals surface area contributed by atoms with Crippen LogP contribution in [0.15, 0.2) is 36.9 Å². The molecule has 2 aromatic rings. The van der Waals surface area contributed by atoms with E-state index in [-0.39, 0.29) is 5.56 Å². The minimum atomic E-state index is -0.976. The molecule has 2 aromatic heterocycles. The fourth-order valence-corrected chi connectivity index (χ4v) is 1.42. The Morgan fingerprint density at radius 2 is 2.31 bits per heavy atom. The number of hydrogen-bond acceptors (Lipinski definition) is 2. The van der Waals surface area contributed by atoms with Crippen molar-refractivity contribution in [1.29, 1.82) is 0 Å². The van der Waals surface area contributed by atoms with E-state index in [0.29, 0.717) is 12.1 Å². The normalized spacial score (nSPS) is 10.3. The summed E-state index contributed by atoms with van der Waals surface area (Å²) in [6.07, 6.45) is 5.80. The molecule has 5 heteroatoms. The number of hydrogen-bond donors (Lipinski definition) is 1. The predicted molar refractivity (Wildman–Crippen MR) is 54.7 cm³/mol. The van der Waals surface area contributed by atoms with E-state index in [4.69, 9.17) is 5.11 Å². The van der Waals surface area contributed by atoms with Crippen molar-refractivity contribution in [2.75, 3.05) is 0 Å². The molecule has 0 aliphatic rings. The van der Waals surface area contributed by atoms with Gasteiger partial charge in [-0.05, 0) is 17.7 Å². The van der Waals surface area contributed by atoms with E-state index in [1.54, 1.807) is 17.0 Å². The molecule has 0 unspecified atom stereocenters. The topological polar surface area (TPSA) is 55.1 Å². The Balaban J connectivity index is 2.17. The summed E-state index contributed by atoms with van der Waals surface area (Å²) in [5.74, 6) is -1.38. The Morgan fingerprint density at radius 3 is 2.94 bits per heavy atom. The van der Waals surface area contributed by atoms with Gasteiger partial charge in [0, 0.05) is 25.1 Å². The highest BCUT2D eigenvalue weighted by Crippen LogP contribution is 2.06. The summed E-state index contributed by atoms with van der Waals surface area (Å²) in [5, 5.41) is 8.72. The molecule has 0 bridgehead atoms. The maximum absolute atomic E-state index is 12.8. The summed E-state index contributed by atoms with van der Waals surface area (Å²) in [6, 6.07) is 2.86.